The molecule has 2 heterocycles. The molecular weight excluding hydrogens is 220 g/mol. The largest absolute Gasteiger partial charge is 0.298 e. The van der Waals surface area contributed by atoms with Crippen LogP contribution < -0.4 is 0 Å². The Kier molecular flexibility index (Phi) is 2.98. The first-order chi connectivity index (χ1) is 8.67. The van der Waals surface area contributed by atoms with E-state index in [4.69, 9.17) is 4.99 Å². The van der Waals surface area contributed by atoms with Crippen molar-refractivity contribution in [3.8, 4) is 0 Å². The molecule has 0 aromatic heterocycles. The highest BCUT2D eigenvalue weighted by Gasteiger charge is 2.40. The zero-order valence-electron chi connectivity index (χ0n) is 11.4. The predicted molar refractivity (Wildman–Crippen MR) is 76.3 cm³/mol. The molecule has 0 radical (unpaired) electrons. The van der Waals surface area contributed by atoms with Crippen LogP contribution in [0.15, 0.2) is 35.3 Å². The van der Waals surface area contributed by atoms with E-state index in [1.165, 1.54) is 37.2 Å². The van der Waals surface area contributed by atoms with Crippen LogP contribution in [-0.4, -0.2) is 35.3 Å². The average molecular weight is 242 g/mol. The molecule has 0 amide bonds. The molecular formula is C16H22N2. The molecule has 1 unspecified atom stereocenters. The van der Waals surface area contributed by atoms with Gasteiger partial charge < -0.3 is 0 Å². The first-order valence-electron chi connectivity index (χ1n) is 7.05. The van der Waals surface area contributed by atoms with Crippen LogP contribution in [0.2, 0.25) is 0 Å². The second-order valence-corrected chi connectivity index (χ2v) is 6.04. The topological polar surface area (TPSA) is 15.6 Å². The second kappa shape index (κ2) is 4.51. The van der Waals surface area contributed by atoms with Crippen molar-refractivity contribution in [1.29, 1.82) is 0 Å². The number of nitrogens with zero attached hydrogens (tertiary/aromatic N) is 2. The van der Waals surface area contributed by atoms with Crippen molar-refractivity contribution >= 4 is 5.71 Å². The molecule has 96 valence electrons. The van der Waals surface area contributed by atoms with Crippen LogP contribution >= 0.6 is 0 Å². The molecule has 1 saturated heterocycles. The fraction of sp³-hybridized carbons (Fsp3) is 0.562. The third-order valence-corrected chi connectivity index (χ3v) is 4.31. The molecule has 2 heteroatoms. The van der Waals surface area contributed by atoms with Gasteiger partial charge in [0.1, 0.15) is 0 Å². The normalized spacial score (nSPS) is 27.4. The summed E-state index contributed by atoms with van der Waals surface area (Å²) >= 11 is 0. The Balaban J connectivity index is 1.83. The summed E-state index contributed by atoms with van der Waals surface area (Å²) in [5, 5.41) is 0. The number of rotatable bonds is 2. The van der Waals surface area contributed by atoms with E-state index in [-0.39, 0.29) is 5.54 Å². The van der Waals surface area contributed by atoms with Crippen LogP contribution in [0.1, 0.15) is 38.7 Å². The van der Waals surface area contributed by atoms with Gasteiger partial charge in [0.05, 0.1) is 5.54 Å². The van der Waals surface area contributed by atoms with Gasteiger partial charge >= 0.3 is 0 Å². The minimum atomic E-state index is 0.0650. The highest BCUT2D eigenvalue weighted by molar-refractivity contribution is 6.02. The van der Waals surface area contributed by atoms with Crippen LogP contribution in [0.3, 0.4) is 0 Å². The van der Waals surface area contributed by atoms with Crippen molar-refractivity contribution in [3.63, 3.8) is 0 Å². The summed E-state index contributed by atoms with van der Waals surface area (Å²) in [6.07, 6.45) is 3.82. The van der Waals surface area contributed by atoms with Gasteiger partial charge in [0, 0.05) is 18.2 Å². The zero-order valence-corrected chi connectivity index (χ0v) is 11.4. The summed E-state index contributed by atoms with van der Waals surface area (Å²) in [7, 11) is 0. The Bertz CT molecular complexity index is 441. The number of hydrogen-bond acceptors (Lipinski definition) is 2. The lowest BCUT2D eigenvalue weighted by molar-refractivity contribution is 0.187. The van der Waals surface area contributed by atoms with Crippen molar-refractivity contribution in [3.05, 3.63) is 35.9 Å². The van der Waals surface area contributed by atoms with Crippen molar-refractivity contribution < 1.29 is 0 Å². The number of benzene rings is 1. The maximum absolute atomic E-state index is 4.99. The second-order valence-electron chi connectivity index (χ2n) is 6.04. The van der Waals surface area contributed by atoms with Gasteiger partial charge in [-0.15, -0.1) is 0 Å². The monoisotopic (exact) mass is 242 g/mol. The fourth-order valence-electron chi connectivity index (χ4n) is 3.34. The van der Waals surface area contributed by atoms with Crippen LogP contribution in [0.4, 0.5) is 0 Å². The average Bonchev–Trinajstić information content (AvgIpc) is 2.97. The molecule has 3 rings (SSSR count). The van der Waals surface area contributed by atoms with Gasteiger partial charge in [-0.05, 0) is 45.3 Å². The molecule has 0 aliphatic carbocycles. The molecule has 0 N–H and O–H groups in total. The van der Waals surface area contributed by atoms with E-state index in [1.807, 2.05) is 0 Å². The van der Waals surface area contributed by atoms with E-state index in [2.05, 4.69) is 49.1 Å². The summed E-state index contributed by atoms with van der Waals surface area (Å²) < 4.78 is 0. The van der Waals surface area contributed by atoms with Crippen LogP contribution in [0, 0.1) is 0 Å². The number of hydrogen-bond donors (Lipinski definition) is 0. The quantitative estimate of drug-likeness (QED) is 0.778. The lowest BCUT2D eigenvalue weighted by Crippen LogP contribution is -2.44. The summed E-state index contributed by atoms with van der Waals surface area (Å²) in [4.78, 5) is 7.63. The standard InChI is InChI=1S/C16H22N2/c1-16(2)15(18-10-6-7-11-18)12-14(17-16)13-8-4-3-5-9-13/h3-5,8-9,15H,6-7,10-12H2,1-2H3. The zero-order chi connectivity index (χ0) is 12.6. The Hall–Kier alpha value is -1.15. The molecule has 2 aliphatic rings. The summed E-state index contributed by atoms with van der Waals surface area (Å²) in [5.74, 6) is 0. The first kappa shape index (κ1) is 11.9. The van der Waals surface area contributed by atoms with Gasteiger partial charge in [-0.3, -0.25) is 9.89 Å². The van der Waals surface area contributed by atoms with E-state index in [9.17, 15) is 0 Å². The van der Waals surface area contributed by atoms with Gasteiger partial charge in [-0.25, -0.2) is 0 Å². The van der Waals surface area contributed by atoms with Gasteiger partial charge in [-0.1, -0.05) is 30.3 Å². The Morgan fingerprint density at radius 3 is 2.44 bits per heavy atom. The van der Waals surface area contributed by atoms with Crippen molar-refractivity contribution in [2.45, 2.75) is 44.7 Å². The minimum absolute atomic E-state index is 0.0650. The van der Waals surface area contributed by atoms with Gasteiger partial charge in [0.15, 0.2) is 0 Å². The third-order valence-electron chi connectivity index (χ3n) is 4.31. The molecule has 18 heavy (non-hydrogen) atoms. The van der Waals surface area contributed by atoms with Gasteiger partial charge in [0.25, 0.3) is 0 Å². The lowest BCUT2D eigenvalue weighted by atomic mass is 9.93. The number of likely N-dealkylation sites (tertiary alicyclic amines) is 1. The lowest BCUT2D eigenvalue weighted by Gasteiger charge is -2.33. The molecule has 0 spiro atoms. The van der Waals surface area contributed by atoms with Gasteiger partial charge in [0.2, 0.25) is 0 Å². The van der Waals surface area contributed by atoms with E-state index >= 15 is 0 Å². The molecule has 1 fully saturated rings. The van der Waals surface area contributed by atoms with E-state index in [1.54, 1.807) is 0 Å². The Morgan fingerprint density at radius 2 is 1.78 bits per heavy atom. The predicted octanol–water partition coefficient (Wildman–Crippen LogP) is 3.12. The maximum Gasteiger partial charge on any atom is 0.0713 e. The summed E-state index contributed by atoms with van der Waals surface area (Å²) in [6, 6.07) is 11.2. The Labute approximate surface area is 110 Å². The molecule has 2 aliphatic heterocycles. The van der Waals surface area contributed by atoms with Crippen molar-refractivity contribution in [2.24, 2.45) is 4.99 Å². The van der Waals surface area contributed by atoms with Crippen molar-refractivity contribution in [2.75, 3.05) is 13.1 Å². The van der Waals surface area contributed by atoms with E-state index in [0.717, 1.165) is 6.42 Å². The maximum atomic E-state index is 4.99. The van der Waals surface area contributed by atoms with Crippen molar-refractivity contribution in [1.82, 2.24) is 4.90 Å². The van der Waals surface area contributed by atoms with Gasteiger partial charge in [-0.2, -0.15) is 0 Å². The summed E-state index contributed by atoms with van der Waals surface area (Å²) in [6.45, 7) is 7.08. The summed E-state index contributed by atoms with van der Waals surface area (Å²) in [5.41, 5.74) is 2.65. The minimum Gasteiger partial charge on any atom is -0.298 e. The highest BCUT2D eigenvalue weighted by atomic mass is 15.2. The molecule has 2 nitrogen and oxygen atoms in total. The number of aliphatic imine (C=N–C) groups is 1. The Morgan fingerprint density at radius 1 is 1.11 bits per heavy atom. The third kappa shape index (κ3) is 2.10. The van der Waals surface area contributed by atoms with Crippen LogP contribution in [0.25, 0.3) is 0 Å². The molecule has 1 aromatic carbocycles. The SMILES string of the molecule is CC1(C)N=C(c2ccccc2)CC1N1CCCC1. The van der Waals surface area contributed by atoms with E-state index in [0.29, 0.717) is 6.04 Å². The molecule has 0 saturated carbocycles. The highest BCUT2D eigenvalue weighted by Crippen LogP contribution is 2.33. The van der Waals surface area contributed by atoms with Crippen LogP contribution in [-0.2, 0) is 0 Å². The first-order valence-corrected chi connectivity index (χ1v) is 7.05. The van der Waals surface area contributed by atoms with Crippen LogP contribution in [0.5, 0.6) is 0 Å². The molecule has 1 atom stereocenters. The molecule has 0 bridgehead atoms. The fourth-order valence-corrected chi connectivity index (χ4v) is 3.34. The molecule has 1 aromatic rings. The smallest absolute Gasteiger partial charge is 0.0713 e. The van der Waals surface area contributed by atoms with E-state index < -0.39 is 0 Å².